The van der Waals surface area contributed by atoms with Gasteiger partial charge >= 0.3 is 18.2 Å². The van der Waals surface area contributed by atoms with Gasteiger partial charge in [-0.1, -0.05) is 111 Å². The molecule has 5 N–H and O–H groups in total. The van der Waals surface area contributed by atoms with Crippen molar-refractivity contribution in [2.24, 2.45) is 46.3 Å². The first-order valence-corrected chi connectivity index (χ1v) is 33.5. The van der Waals surface area contributed by atoms with Crippen LogP contribution in [0.1, 0.15) is 142 Å². The molecular formula is C65H96N2O16Si. The molecule has 0 bridgehead atoms. The second kappa shape index (κ2) is 26.7. The van der Waals surface area contributed by atoms with Crippen molar-refractivity contribution in [3.8, 4) is 5.75 Å². The molecule has 0 aromatic heterocycles. The summed E-state index contributed by atoms with van der Waals surface area (Å²) in [6.07, 6.45) is -0.652. The molecule has 6 aliphatic rings. The predicted molar refractivity (Wildman–Crippen MR) is 317 cm³/mol. The monoisotopic (exact) mass is 1190 g/mol. The van der Waals surface area contributed by atoms with Crippen molar-refractivity contribution in [2.45, 2.75) is 212 Å². The standard InChI is InChI=1S/C65H96N2O16Si/c1-14-31-76-60(72)66-34-41-16-18-42(19-17-41)35-67-61(73)82-55-52(70)37-78-59(56(55)80-57(71)43-20-23-45(75-11)24-21-43)81-54-39(4)58(77-36-51(54)69)79-53-33-49-47-25-22-44-32-46(83-84(12,13)62(6,7)8)27-29-63(44,9)48(47)28-30-64(49,10)65(53,74)40(5)50(68)26-15-38(2)3/h14,16-24,38-40,46-49,51-56,58-59,69-70,74H,1,15,25-37H2,2-13H3,(H,66,72)(H,67,73)/t39?,40-,46+,47-,48?,49+,51?,52?,53+,54?,55?,56?,58?,59?,63+,64+,65-/m1/s1. The number of alkyl carbamates (subject to hydrolysis) is 2. The largest absolute Gasteiger partial charge is 0.497 e. The Hall–Kier alpha value is -4.70. The number of hydrogen-bond acceptors (Lipinski definition) is 16. The third-order valence-electron chi connectivity index (χ3n) is 20.5. The maximum atomic E-state index is 14.5. The summed E-state index contributed by atoms with van der Waals surface area (Å²) in [6, 6.07) is 13.3. The van der Waals surface area contributed by atoms with Gasteiger partial charge in [-0.25, -0.2) is 14.4 Å². The molecule has 5 fully saturated rings. The normalized spacial score (nSPS) is 34.4. The zero-order chi connectivity index (χ0) is 61.1. The minimum Gasteiger partial charge on any atom is -0.497 e. The van der Waals surface area contributed by atoms with Crippen LogP contribution in [0.3, 0.4) is 0 Å². The van der Waals surface area contributed by atoms with Crippen LogP contribution in [0, 0.1) is 46.3 Å². The summed E-state index contributed by atoms with van der Waals surface area (Å²) in [6.45, 7) is 27.3. The number of aliphatic hydroxyl groups is 3. The molecule has 84 heavy (non-hydrogen) atoms. The van der Waals surface area contributed by atoms with E-state index in [1.54, 1.807) is 43.3 Å². The number of methoxy groups -OCH3 is 1. The number of Topliss-reactive ketones (excluding diaryl/α,β-unsaturated/α-hetero) is 1. The van der Waals surface area contributed by atoms with E-state index in [0.717, 1.165) is 44.1 Å². The molecule has 18 nitrogen and oxygen atoms in total. The predicted octanol–water partition coefficient (Wildman–Crippen LogP) is 10.1. The first-order chi connectivity index (χ1) is 39.6. The Kier molecular flexibility index (Phi) is 20.8. The smallest absolute Gasteiger partial charge is 0.407 e. The third kappa shape index (κ3) is 13.8. The van der Waals surface area contributed by atoms with Gasteiger partial charge in [0.15, 0.2) is 33.1 Å². The van der Waals surface area contributed by atoms with Crippen molar-refractivity contribution in [3.63, 3.8) is 0 Å². The molecule has 9 unspecified atom stereocenters. The van der Waals surface area contributed by atoms with Crippen LogP contribution < -0.4 is 15.4 Å². The molecule has 4 aliphatic carbocycles. The number of ketones is 1. The van der Waals surface area contributed by atoms with Crippen LogP contribution in [0.25, 0.3) is 0 Å². The fourth-order valence-electron chi connectivity index (χ4n) is 14.4. The van der Waals surface area contributed by atoms with E-state index in [4.69, 9.17) is 42.3 Å². The minimum atomic E-state index is -1.98. The van der Waals surface area contributed by atoms with Gasteiger partial charge in [-0.3, -0.25) is 4.79 Å². The molecular weight excluding hydrogens is 1090 g/mol. The SMILES string of the molecule is C=CCOC(=O)NCc1ccc(CNC(=O)OC2C(O)COC(OC3C(O)COC(O[C@H]4C[C@H]5[C@@H]6CC=C7C[C@@H](O[Si](C)(C)C(C)(C)C)CC[C@]7(C)C6CC[C@]5(C)[C@@]4(O)[C@H](C)C(=O)CCC(C)C)C3C)C2OC(=O)c2ccc(OC)cc2)cc1. The van der Waals surface area contributed by atoms with Gasteiger partial charge in [0, 0.05) is 42.9 Å². The van der Waals surface area contributed by atoms with E-state index < -0.39 is 105 Å². The molecule has 17 atom stereocenters. The molecule has 2 saturated heterocycles. The first-order valence-electron chi connectivity index (χ1n) is 30.6. The number of rotatable bonds is 21. The Morgan fingerprint density at radius 3 is 2.08 bits per heavy atom. The fraction of sp³-hybridized carbons (Fsp3) is 0.692. The summed E-state index contributed by atoms with van der Waals surface area (Å²) < 4.78 is 55.5. The second-order valence-corrected chi connectivity index (χ2v) is 31.9. The molecule has 19 heteroatoms. The van der Waals surface area contributed by atoms with Gasteiger partial charge < -0.3 is 68.3 Å². The van der Waals surface area contributed by atoms with Crippen LogP contribution in [0.4, 0.5) is 9.59 Å². The average Bonchev–Trinajstić information content (AvgIpc) is 1.49. The number of carbonyl (C=O) groups excluding carboxylic acids is 4. The topological polar surface area (TPSA) is 236 Å². The van der Waals surface area contributed by atoms with E-state index in [2.05, 4.69) is 84.8 Å². The Labute approximate surface area is 498 Å². The van der Waals surface area contributed by atoms with Crippen molar-refractivity contribution < 1.29 is 76.8 Å². The van der Waals surface area contributed by atoms with Crippen LogP contribution in [0.15, 0.2) is 72.8 Å². The van der Waals surface area contributed by atoms with Crippen LogP contribution in [0.2, 0.25) is 18.1 Å². The number of amides is 2. The number of fused-ring (bicyclic) bond motifs is 5. The lowest BCUT2D eigenvalue weighted by Crippen LogP contribution is -2.63. The van der Waals surface area contributed by atoms with Crippen molar-refractivity contribution in [1.29, 1.82) is 0 Å². The molecule has 0 spiro atoms. The first kappa shape index (κ1) is 65.3. The second-order valence-electron chi connectivity index (χ2n) is 27.1. The minimum absolute atomic E-state index is 0.00272. The average molecular weight is 1190 g/mol. The number of allylic oxidation sites excluding steroid dienone is 1. The summed E-state index contributed by atoms with van der Waals surface area (Å²) in [5.74, 6) is -0.919. The van der Waals surface area contributed by atoms with E-state index in [1.807, 2.05) is 6.92 Å². The maximum Gasteiger partial charge on any atom is 0.407 e. The van der Waals surface area contributed by atoms with Crippen LogP contribution in [0.5, 0.6) is 5.75 Å². The number of carbonyl (C=O) groups is 4. The molecule has 2 aromatic rings. The lowest BCUT2D eigenvalue weighted by Gasteiger charge is -2.60. The van der Waals surface area contributed by atoms with Crippen molar-refractivity contribution in [3.05, 3.63) is 89.5 Å². The Bertz CT molecular complexity index is 2640. The van der Waals surface area contributed by atoms with Gasteiger partial charge in [-0.15, -0.1) is 0 Å². The Balaban J connectivity index is 1.01. The maximum absolute atomic E-state index is 14.5. The molecule has 2 amide bonds. The number of hydrogen-bond donors (Lipinski definition) is 5. The van der Waals surface area contributed by atoms with Gasteiger partial charge in [0.2, 0.25) is 0 Å². The van der Waals surface area contributed by atoms with E-state index in [9.17, 15) is 34.5 Å². The van der Waals surface area contributed by atoms with E-state index in [1.165, 1.54) is 30.9 Å². The zero-order valence-electron chi connectivity index (χ0n) is 51.7. The number of esters is 1. The molecule has 3 saturated carbocycles. The van der Waals surface area contributed by atoms with Crippen molar-refractivity contribution in [2.75, 3.05) is 26.9 Å². The van der Waals surface area contributed by atoms with Gasteiger partial charge in [0.1, 0.15) is 35.9 Å². The summed E-state index contributed by atoms with van der Waals surface area (Å²) in [4.78, 5) is 54.0. The highest BCUT2D eigenvalue weighted by Gasteiger charge is 2.70. The van der Waals surface area contributed by atoms with Gasteiger partial charge in [0.25, 0.3) is 0 Å². The molecule has 8 rings (SSSR count). The number of benzene rings is 2. The third-order valence-corrected chi connectivity index (χ3v) is 25.0. The van der Waals surface area contributed by atoms with Gasteiger partial charge in [0.05, 0.1) is 38.1 Å². The molecule has 0 radical (unpaired) electrons. The van der Waals surface area contributed by atoms with Gasteiger partial charge in [-0.05, 0) is 134 Å². The zero-order valence-corrected chi connectivity index (χ0v) is 52.7. The van der Waals surface area contributed by atoms with E-state index >= 15 is 0 Å². The highest BCUT2D eigenvalue weighted by atomic mass is 28.4. The summed E-state index contributed by atoms with van der Waals surface area (Å²) in [5, 5.41) is 42.5. The highest BCUT2D eigenvalue weighted by molar-refractivity contribution is 6.74. The van der Waals surface area contributed by atoms with Crippen molar-refractivity contribution >= 4 is 32.3 Å². The molecule has 2 aliphatic heterocycles. The summed E-state index contributed by atoms with van der Waals surface area (Å²) in [5.41, 5.74) is 0.821. The van der Waals surface area contributed by atoms with E-state index in [-0.39, 0.29) is 66.0 Å². The van der Waals surface area contributed by atoms with Crippen LogP contribution in [-0.4, -0.2) is 135 Å². The molecule has 2 aromatic carbocycles. The Morgan fingerprint density at radius 1 is 0.833 bits per heavy atom. The Morgan fingerprint density at radius 2 is 1.46 bits per heavy atom. The number of aliphatic hydroxyl groups excluding tert-OH is 2. The lowest BCUT2D eigenvalue weighted by atomic mass is 9.46. The number of ether oxygens (including phenoxy) is 8. The quantitative estimate of drug-likeness (QED) is 0.0338. The highest BCUT2D eigenvalue weighted by Crippen LogP contribution is 2.69. The van der Waals surface area contributed by atoms with Crippen molar-refractivity contribution in [1.82, 2.24) is 10.6 Å². The molecule has 2 heterocycles. The summed E-state index contributed by atoms with van der Waals surface area (Å²) in [7, 11) is -0.486. The van der Waals surface area contributed by atoms with Crippen LogP contribution >= 0.6 is 0 Å². The number of nitrogens with one attached hydrogen (secondary N) is 2. The summed E-state index contributed by atoms with van der Waals surface area (Å²) >= 11 is 0. The fourth-order valence-corrected chi connectivity index (χ4v) is 15.7. The molecule has 466 valence electrons. The van der Waals surface area contributed by atoms with Crippen LogP contribution in [-0.2, 0) is 55.5 Å². The van der Waals surface area contributed by atoms with Gasteiger partial charge in [-0.2, -0.15) is 0 Å². The van der Waals surface area contributed by atoms with E-state index in [0.29, 0.717) is 42.4 Å². The lowest BCUT2D eigenvalue weighted by molar-refractivity contribution is -0.333.